The summed E-state index contributed by atoms with van der Waals surface area (Å²) in [6.45, 7) is 4.13. The minimum Gasteiger partial charge on any atom is -0.267 e. The zero-order chi connectivity index (χ0) is 15.5. The number of aryl methyl sites for hydroxylation is 1. The van der Waals surface area contributed by atoms with Gasteiger partial charge in [-0.05, 0) is 55.3 Å². The quantitative estimate of drug-likeness (QED) is 0.846. The molecule has 0 bridgehead atoms. The van der Waals surface area contributed by atoms with Gasteiger partial charge in [0.05, 0.1) is 10.6 Å². The van der Waals surface area contributed by atoms with Crippen LogP contribution in [0.15, 0.2) is 53.4 Å². The van der Waals surface area contributed by atoms with Crippen LogP contribution in [0.25, 0.3) is 0 Å². The molecular formula is C16H18FNO2S. The number of halogens is 1. The van der Waals surface area contributed by atoms with Crippen molar-refractivity contribution in [1.29, 1.82) is 0 Å². The van der Waals surface area contributed by atoms with E-state index in [1.54, 1.807) is 19.1 Å². The fourth-order valence-electron chi connectivity index (χ4n) is 2.12. The lowest BCUT2D eigenvalue weighted by Crippen LogP contribution is -2.30. The SMILES string of the molecule is CCc1ccc(N(CC)S(=O)(=O)c2ccc(F)cc2)cc1. The van der Waals surface area contributed by atoms with Crippen molar-refractivity contribution in [2.24, 2.45) is 0 Å². The van der Waals surface area contributed by atoms with E-state index in [-0.39, 0.29) is 4.90 Å². The third kappa shape index (κ3) is 3.24. The molecule has 0 aliphatic heterocycles. The molecule has 0 unspecified atom stereocenters. The summed E-state index contributed by atoms with van der Waals surface area (Å²) in [5.74, 6) is -0.454. The number of sulfonamides is 1. The van der Waals surface area contributed by atoms with E-state index in [4.69, 9.17) is 0 Å². The molecule has 0 radical (unpaired) electrons. The highest BCUT2D eigenvalue weighted by Gasteiger charge is 2.23. The van der Waals surface area contributed by atoms with Crippen molar-refractivity contribution < 1.29 is 12.8 Å². The summed E-state index contributed by atoms with van der Waals surface area (Å²) >= 11 is 0. The maximum Gasteiger partial charge on any atom is 0.264 e. The number of rotatable bonds is 5. The Hall–Kier alpha value is -1.88. The highest BCUT2D eigenvalue weighted by atomic mass is 32.2. The van der Waals surface area contributed by atoms with Gasteiger partial charge in [0, 0.05) is 6.54 Å². The fraction of sp³-hybridized carbons (Fsp3) is 0.250. The molecule has 0 aromatic heterocycles. The van der Waals surface area contributed by atoms with Crippen LogP contribution in [0.5, 0.6) is 0 Å². The number of hydrogen-bond acceptors (Lipinski definition) is 2. The molecule has 0 aliphatic carbocycles. The molecule has 0 amide bonds. The summed E-state index contributed by atoms with van der Waals surface area (Å²) in [5, 5.41) is 0. The lowest BCUT2D eigenvalue weighted by atomic mass is 10.1. The zero-order valence-electron chi connectivity index (χ0n) is 12.1. The molecular weight excluding hydrogens is 289 g/mol. The van der Waals surface area contributed by atoms with Crippen LogP contribution in [0, 0.1) is 5.82 Å². The first-order valence-electron chi connectivity index (χ1n) is 6.86. The Morgan fingerprint density at radius 2 is 1.52 bits per heavy atom. The van der Waals surface area contributed by atoms with Gasteiger partial charge in [0.2, 0.25) is 0 Å². The predicted octanol–water partition coefficient (Wildman–Crippen LogP) is 3.60. The molecule has 0 saturated carbocycles. The highest BCUT2D eigenvalue weighted by molar-refractivity contribution is 7.92. The molecule has 0 fully saturated rings. The number of anilines is 1. The van der Waals surface area contributed by atoms with E-state index >= 15 is 0 Å². The molecule has 21 heavy (non-hydrogen) atoms. The molecule has 0 aliphatic rings. The van der Waals surface area contributed by atoms with Crippen LogP contribution in [0.4, 0.5) is 10.1 Å². The second-order valence-electron chi connectivity index (χ2n) is 4.64. The van der Waals surface area contributed by atoms with Gasteiger partial charge in [-0.15, -0.1) is 0 Å². The average molecular weight is 307 g/mol. The Labute approximate surface area is 125 Å². The highest BCUT2D eigenvalue weighted by Crippen LogP contribution is 2.24. The van der Waals surface area contributed by atoms with Crippen LogP contribution in [-0.4, -0.2) is 15.0 Å². The second kappa shape index (κ2) is 6.26. The summed E-state index contributed by atoms with van der Waals surface area (Å²) in [6, 6.07) is 12.3. The van der Waals surface area contributed by atoms with E-state index in [0.717, 1.165) is 24.1 Å². The van der Waals surface area contributed by atoms with Gasteiger partial charge in [-0.25, -0.2) is 12.8 Å². The van der Waals surface area contributed by atoms with Gasteiger partial charge in [0.15, 0.2) is 0 Å². The van der Waals surface area contributed by atoms with Crippen molar-refractivity contribution in [3.63, 3.8) is 0 Å². The monoisotopic (exact) mass is 307 g/mol. The molecule has 0 heterocycles. The number of nitrogens with zero attached hydrogens (tertiary/aromatic N) is 1. The molecule has 5 heteroatoms. The van der Waals surface area contributed by atoms with Crippen molar-refractivity contribution >= 4 is 15.7 Å². The zero-order valence-corrected chi connectivity index (χ0v) is 12.9. The van der Waals surface area contributed by atoms with Crippen LogP contribution in [-0.2, 0) is 16.4 Å². The van der Waals surface area contributed by atoms with Gasteiger partial charge in [-0.2, -0.15) is 0 Å². The standard InChI is InChI=1S/C16H18FNO2S/c1-3-13-5-9-15(10-6-13)18(4-2)21(19,20)16-11-7-14(17)8-12-16/h5-12H,3-4H2,1-2H3. The van der Waals surface area contributed by atoms with E-state index in [2.05, 4.69) is 0 Å². The maximum atomic E-state index is 13.0. The predicted molar refractivity (Wildman–Crippen MR) is 82.4 cm³/mol. The smallest absolute Gasteiger partial charge is 0.264 e. The Morgan fingerprint density at radius 3 is 2.00 bits per heavy atom. The van der Waals surface area contributed by atoms with Crippen molar-refractivity contribution in [3.05, 3.63) is 59.9 Å². The topological polar surface area (TPSA) is 37.4 Å². The molecule has 0 N–H and O–H groups in total. The minimum atomic E-state index is -3.67. The van der Waals surface area contributed by atoms with Crippen LogP contribution in [0.3, 0.4) is 0 Å². The van der Waals surface area contributed by atoms with Gasteiger partial charge in [0.1, 0.15) is 5.82 Å². The number of hydrogen-bond donors (Lipinski definition) is 0. The van der Waals surface area contributed by atoms with E-state index in [1.165, 1.54) is 16.4 Å². The minimum absolute atomic E-state index is 0.0883. The van der Waals surface area contributed by atoms with Crippen molar-refractivity contribution in [1.82, 2.24) is 0 Å². The summed E-state index contributed by atoms with van der Waals surface area (Å²) in [7, 11) is -3.67. The molecule has 112 valence electrons. The van der Waals surface area contributed by atoms with Gasteiger partial charge in [-0.1, -0.05) is 19.1 Å². The lowest BCUT2D eigenvalue weighted by Gasteiger charge is -2.23. The van der Waals surface area contributed by atoms with Crippen LogP contribution < -0.4 is 4.31 Å². The van der Waals surface area contributed by atoms with E-state index in [0.29, 0.717) is 12.2 Å². The molecule has 2 rings (SSSR count). The third-order valence-corrected chi connectivity index (χ3v) is 5.24. The molecule has 0 spiro atoms. The van der Waals surface area contributed by atoms with Gasteiger partial charge in [-0.3, -0.25) is 4.31 Å². The van der Waals surface area contributed by atoms with Crippen molar-refractivity contribution in [2.75, 3.05) is 10.8 Å². The van der Waals surface area contributed by atoms with Crippen LogP contribution >= 0.6 is 0 Å². The largest absolute Gasteiger partial charge is 0.267 e. The molecule has 2 aromatic carbocycles. The maximum absolute atomic E-state index is 13.0. The molecule has 3 nitrogen and oxygen atoms in total. The average Bonchev–Trinajstić information content (AvgIpc) is 2.49. The summed E-state index contributed by atoms with van der Waals surface area (Å²) in [6.07, 6.45) is 0.900. The summed E-state index contributed by atoms with van der Waals surface area (Å²) in [4.78, 5) is 0.0883. The van der Waals surface area contributed by atoms with E-state index in [9.17, 15) is 12.8 Å². The lowest BCUT2D eigenvalue weighted by molar-refractivity contribution is 0.590. The Morgan fingerprint density at radius 1 is 0.952 bits per heavy atom. The van der Waals surface area contributed by atoms with E-state index < -0.39 is 15.8 Å². The Kier molecular flexibility index (Phi) is 4.63. The van der Waals surface area contributed by atoms with Gasteiger partial charge in [0.25, 0.3) is 10.0 Å². The molecule has 0 saturated heterocycles. The van der Waals surface area contributed by atoms with Crippen molar-refractivity contribution in [2.45, 2.75) is 25.2 Å². The van der Waals surface area contributed by atoms with Crippen LogP contribution in [0.2, 0.25) is 0 Å². The Bertz CT molecular complexity index is 694. The fourth-order valence-corrected chi connectivity index (χ4v) is 3.60. The summed E-state index contributed by atoms with van der Waals surface area (Å²) < 4.78 is 39.5. The molecule has 2 aromatic rings. The second-order valence-corrected chi connectivity index (χ2v) is 6.51. The van der Waals surface area contributed by atoms with Gasteiger partial charge < -0.3 is 0 Å². The first kappa shape index (κ1) is 15.5. The third-order valence-electron chi connectivity index (χ3n) is 3.32. The van der Waals surface area contributed by atoms with E-state index in [1.807, 2.05) is 19.1 Å². The van der Waals surface area contributed by atoms with Crippen LogP contribution in [0.1, 0.15) is 19.4 Å². The normalized spacial score (nSPS) is 11.4. The number of benzene rings is 2. The summed E-state index contributed by atoms with van der Waals surface area (Å²) in [5.41, 5.74) is 1.76. The van der Waals surface area contributed by atoms with Gasteiger partial charge >= 0.3 is 0 Å². The molecule has 0 atom stereocenters. The Balaban J connectivity index is 2.41. The van der Waals surface area contributed by atoms with Crippen molar-refractivity contribution in [3.8, 4) is 0 Å². The first-order valence-corrected chi connectivity index (χ1v) is 8.30. The first-order chi connectivity index (χ1) is 9.98.